The minimum atomic E-state index is -1.01. The number of para-hydroxylation sites is 1. The second-order valence-electron chi connectivity index (χ2n) is 8.37. The third-order valence-electron chi connectivity index (χ3n) is 6.30. The minimum absolute atomic E-state index is 0.149. The molecule has 0 spiro atoms. The first kappa shape index (κ1) is 22.4. The Bertz CT molecular complexity index is 1070. The first-order valence-corrected chi connectivity index (χ1v) is 11.1. The van der Waals surface area contributed by atoms with E-state index in [1.165, 1.54) is 11.0 Å². The van der Waals surface area contributed by atoms with Gasteiger partial charge in [0.15, 0.2) is 0 Å². The van der Waals surface area contributed by atoms with Crippen molar-refractivity contribution in [2.24, 2.45) is 11.8 Å². The van der Waals surface area contributed by atoms with E-state index in [1.54, 1.807) is 0 Å². The summed E-state index contributed by atoms with van der Waals surface area (Å²) >= 11 is 0. The van der Waals surface area contributed by atoms with Gasteiger partial charge in [0.1, 0.15) is 23.4 Å². The van der Waals surface area contributed by atoms with Crippen molar-refractivity contribution in [3.63, 3.8) is 0 Å². The first-order valence-electron chi connectivity index (χ1n) is 11.1. The molecule has 172 valence electrons. The van der Waals surface area contributed by atoms with Gasteiger partial charge in [-0.1, -0.05) is 43.7 Å². The van der Waals surface area contributed by atoms with Gasteiger partial charge >= 0.3 is 5.97 Å². The summed E-state index contributed by atoms with van der Waals surface area (Å²) in [4.78, 5) is 24.9. The van der Waals surface area contributed by atoms with Crippen molar-refractivity contribution in [1.29, 1.82) is 0 Å². The lowest BCUT2D eigenvalue weighted by atomic mass is 9.63. The molecule has 2 N–H and O–H groups in total. The molecule has 9 heteroatoms. The number of carbonyl (C=O) groups is 2. The monoisotopic (exact) mass is 449 g/mol. The zero-order valence-corrected chi connectivity index (χ0v) is 18.4. The van der Waals surface area contributed by atoms with E-state index < -0.39 is 17.4 Å². The molecule has 33 heavy (non-hydrogen) atoms. The van der Waals surface area contributed by atoms with E-state index in [-0.39, 0.29) is 11.8 Å². The lowest BCUT2D eigenvalue weighted by molar-refractivity contribution is -0.153. The van der Waals surface area contributed by atoms with Gasteiger partial charge in [-0.2, -0.15) is 0 Å². The number of hydrogen-bond donors (Lipinski definition) is 2. The van der Waals surface area contributed by atoms with Crippen molar-refractivity contribution in [1.82, 2.24) is 25.5 Å². The summed E-state index contributed by atoms with van der Waals surface area (Å²) in [5.74, 6) is -0.151. The minimum Gasteiger partial charge on any atom is -0.481 e. The van der Waals surface area contributed by atoms with Crippen molar-refractivity contribution < 1.29 is 19.4 Å². The number of nitrogens with one attached hydrogen (secondary N) is 1. The number of rotatable bonds is 10. The molecule has 1 aromatic heterocycles. The second-order valence-corrected chi connectivity index (χ2v) is 8.37. The molecule has 0 radical (unpaired) electrons. The zero-order chi connectivity index (χ0) is 23.3. The van der Waals surface area contributed by atoms with Crippen LogP contribution in [0.15, 0.2) is 60.9 Å². The summed E-state index contributed by atoms with van der Waals surface area (Å²) in [6.07, 6.45) is 3.54. The Kier molecular flexibility index (Phi) is 6.67. The van der Waals surface area contributed by atoms with Crippen LogP contribution in [-0.4, -0.2) is 37.2 Å². The Balaban J connectivity index is 1.46. The second kappa shape index (κ2) is 9.81. The number of carboxylic acid groups (broad SMARTS) is 1. The molecule has 1 amide bonds. The molecule has 4 rings (SSSR count). The van der Waals surface area contributed by atoms with Crippen LogP contribution in [-0.2, 0) is 21.7 Å². The van der Waals surface area contributed by atoms with Gasteiger partial charge in [-0.05, 0) is 65.4 Å². The zero-order valence-electron chi connectivity index (χ0n) is 18.4. The van der Waals surface area contributed by atoms with Crippen molar-refractivity contribution in [2.75, 3.05) is 0 Å². The lowest BCUT2D eigenvalue weighted by Gasteiger charge is -2.46. The number of tetrazole rings is 1. The normalized spacial score (nSPS) is 19.2. The lowest BCUT2D eigenvalue weighted by Crippen LogP contribution is -2.58. The fourth-order valence-electron chi connectivity index (χ4n) is 4.48. The van der Waals surface area contributed by atoms with Crippen molar-refractivity contribution >= 4 is 11.9 Å². The molecule has 1 unspecified atom stereocenters. The number of aromatic nitrogens is 4. The van der Waals surface area contributed by atoms with E-state index in [4.69, 9.17) is 4.74 Å². The Labute approximate surface area is 191 Å². The Morgan fingerprint density at radius 1 is 1.12 bits per heavy atom. The third-order valence-corrected chi connectivity index (χ3v) is 6.30. The maximum atomic E-state index is 13.5. The molecular weight excluding hydrogens is 422 g/mol. The highest BCUT2D eigenvalue weighted by atomic mass is 16.5. The summed E-state index contributed by atoms with van der Waals surface area (Å²) in [5, 5.41) is 23.9. The predicted octanol–water partition coefficient (Wildman–Crippen LogP) is 3.39. The summed E-state index contributed by atoms with van der Waals surface area (Å²) in [5.41, 5.74) is -0.0940. The maximum absolute atomic E-state index is 13.5. The van der Waals surface area contributed by atoms with E-state index in [2.05, 4.69) is 20.8 Å². The predicted molar refractivity (Wildman–Crippen MR) is 119 cm³/mol. The molecule has 2 aromatic carbocycles. The standard InChI is InChI=1S/C24H27N5O4/c1-2-12-24(29-16-26-27-28-29,19-13-18(14-19)22(30)31)23(32)25-15-17-8-10-21(11-9-17)33-20-6-4-3-5-7-20/h3-11,16,18-19H,2,12-15H2,1H3,(H,25,32)(H,30,31). The van der Waals surface area contributed by atoms with E-state index >= 15 is 0 Å². The fourth-order valence-corrected chi connectivity index (χ4v) is 4.48. The van der Waals surface area contributed by atoms with Crippen LogP contribution < -0.4 is 10.1 Å². The van der Waals surface area contributed by atoms with Gasteiger partial charge in [0.05, 0.1) is 5.92 Å². The quantitative estimate of drug-likeness (QED) is 0.487. The van der Waals surface area contributed by atoms with Gasteiger partial charge in [-0.25, -0.2) is 4.68 Å². The first-order chi connectivity index (χ1) is 16.0. The number of ether oxygens (including phenoxy) is 1. The largest absolute Gasteiger partial charge is 0.481 e. The molecule has 0 saturated heterocycles. The van der Waals surface area contributed by atoms with Gasteiger partial charge in [0, 0.05) is 6.54 Å². The molecule has 1 aliphatic carbocycles. The summed E-state index contributed by atoms with van der Waals surface area (Å²) in [6, 6.07) is 17.0. The van der Waals surface area contributed by atoms with Crippen molar-refractivity contribution in [3.8, 4) is 11.5 Å². The van der Waals surface area contributed by atoms with Crippen molar-refractivity contribution in [3.05, 3.63) is 66.5 Å². The van der Waals surface area contributed by atoms with Crippen molar-refractivity contribution in [2.45, 2.75) is 44.7 Å². The van der Waals surface area contributed by atoms with Crippen LogP contribution in [0.1, 0.15) is 38.2 Å². The Morgan fingerprint density at radius 2 is 1.82 bits per heavy atom. The van der Waals surface area contributed by atoms with Crippen LogP contribution in [0.3, 0.4) is 0 Å². The van der Waals surface area contributed by atoms with Gasteiger partial charge in [-0.3, -0.25) is 9.59 Å². The number of nitrogens with zero attached hydrogens (tertiary/aromatic N) is 4. The molecule has 1 atom stereocenters. The average molecular weight is 450 g/mol. The highest BCUT2D eigenvalue weighted by Crippen LogP contribution is 2.47. The van der Waals surface area contributed by atoms with Crippen LogP contribution in [0.2, 0.25) is 0 Å². The highest BCUT2D eigenvalue weighted by molar-refractivity contribution is 5.85. The Morgan fingerprint density at radius 3 is 2.42 bits per heavy atom. The number of aliphatic carboxylic acids is 1. The number of hydrogen-bond acceptors (Lipinski definition) is 6. The summed E-state index contributed by atoms with van der Waals surface area (Å²) in [6.45, 7) is 2.32. The molecule has 1 aliphatic rings. The van der Waals surface area contributed by atoms with Crippen LogP contribution >= 0.6 is 0 Å². The van der Waals surface area contributed by atoms with E-state index in [0.717, 1.165) is 17.7 Å². The molecule has 9 nitrogen and oxygen atoms in total. The van der Waals surface area contributed by atoms with Gasteiger partial charge < -0.3 is 15.2 Å². The summed E-state index contributed by atoms with van der Waals surface area (Å²) < 4.78 is 7.32. The molecule has 0 bridgehead atoms. The van der Waals surface area contributed by atoms with Gasteiger partial charge in [0.25, 0.3) is 0 Å². The SMILES string of the molecule is CCCC(C(=O)NCc1ccc(Oc2ccccc2)cc1)(C1CC(C(=O)O)C1)n1cnnn1. The average Bonchev–Trinajstić information content (AvgIpc) is 3.32. The van der Waals surface area contributed by atoms with Gasteiger partial charge in [-0.15, -0.1) is 5.10 Å². The molecule has 3 aromatic rings. The molecule has 1 fully saturated rings. The topological polar surface area (TPSA) is 119 Å². The van der Waals surface area contributed by atoms with Crippen LogP contribution in [0.5, 0.6) is 11.5 Å². The fraction of sp³-hybridized carbons (Fsp3) is 0.375. The molecule has 1 saturated carbocycles. The molecule has 0 aliphatic heterocycles. The van der Waals surface area contributed by atoms with Gasteiger partial charge in [0.2, 0.25) is 5.91 Å². The number of amides is 1. The Hall–Kier alpha value is -3.75. The molecular formula is C24H27N5O4. The smallest absolute Gasteiger partial charge is 0.306 e. The van der Waals surface area contributed by atoms with E-state index in [9.17, 15) is 14.7 Å². The van der Waals surface area contributed by atoms with Crippen LogP contribution in [0, 0.1) is 11.8 Å². The van der Waals surface area contributed by atoms with E-state index in [1.807, 2.05) is 61.5 Å². The number of carbonyl (C=O) groups excluding carboxylic acids is 1. The number of benzene rings is 2. The van der Waals surface area contributed by atoms with Crippen LogP contribution in [0.25, 0.3) is 0 Å². The number of carboxylic acids is 1. The molecule has 1 heterocycles. The van der Waals surface area contributed by atoms with E-state index in [0.29, 0.717) is 31.6 Å². The highest BCUT2D eigenvalue weighted by Gasteiger charge is 2.54. The maximum Gasteiger partial charge on any atom is 0.306 e. The summed E-state index contributed by atoms with van der Waals surface area (Å²) in [7, 11) is 0. The third kappa shape index (κ3) is 4.72. The van der Waals surface area contributed by atoms with Crippen LogP contribution in [0.4, 0.5) is 0 Å².